The Kier molecular flexibility index (Phi) is 7.70. The van der Waals surface area contributed by atoms with Crippen molar-refractivity contribution in [2.24, 2.45) is 0 Å². The van der Waals surface area contributed by atoms with Gasteiger partial charge in [0.2, 0.25) is 5.91 Å². The number of nitrogens with one attached hydrogen (secondary N) is 2. The fraction of sp³-hybridized carbons (Fsp3) is 0.467. The molecule has 22 heavy (non-hydrogen) atoms. The van der Waals surface area contributed by atoms with Gasteiger partial charge in [-0.1, -0.05) is 12.1 Å². The Labute approximate surface area is 136 Å². The van der Waals surface area contributed by atoms with Crippen LogP contribution in [0.1, 0.15) is 5.56 Å². The van der Waals surface area contributed by atoms with E-state index in [0.717, 1.165) is 31.7 Å². The topological polar surface area (TPSA) is 70.7 Å². The van der Waals surface area contributed by atoms with Crippen LogP contribution in [0, 0.1) is 0 Å². The van der Waals surface area contributed by atoms with E-state index in [-0.39, 0.29) is 30.8 Å². The first-order chi connectivity index (χ1) is 10.2. The second kappa shape index (κ2) is 9.27. The van der Waals surface area contributed by atoms with Gasteiger partial charge in [-0.15, -0.1) is 12.4 Å². The predicted molar refractivity (Wildman–Crippen MR) is 86.4 cm³/mol. The molecule has 1 heterocycles. The van der Waals surface area contributed by atoms with Crippen molar-refractivity contribution in [2.45, 2.75) is 6.42 Å². The SMILES string of the molecule is CNC(=O)COc1cccc(CC(=O)N2CCNCC2)c1.Cl. The van der Waals surface area contributed by atoms with Crippen LogP contribution in [0.2, 0.25) is 0 Å². The van der Waals surface area contributed by atoms with Gasteiger partial charge in [-0.3, -0.25) is 9.59 Å². The predicted octanol–water partition coefficient (Wildman–Crippen LogP) is 0.207. The highest BCUT2D eigenvalue weighted by Gasteiger charge is 2.16. The molecule has 1 aromatic carbocycles. The average Bonchev–Trinajstić information content (AvgIpc) is 2.53. The molecule has 0 aromatic heterocycles. The first-order valence-corrected chi connectivity index (χ1v) is 7.10. The zero-order valence-electron chi connectivity index (χ0n) is 12.6. The van der Waals surface area contributed by atoms with Gasteiger partial charge in [0.05, 0.1) is 6.42 Å². The molecule has 7 heteroatoms. The van der Waals surface area contributed by atoms with Crippen LogP contribution in [0.5, 0.6) is 5.75 Å². The molecule has 0 saturated carbocycles. The summed E-state index contributed by atoms with van der Waals surface area (Å²) in [5.74, 6) is 0.543. The van der Waals surface area contributed by atoms with Gasteiger partial charge in [-0.2, -0.15) is 0 Å². The van der Waals surface area contributed by atoms with E-state index in [1.54, 1.807) is 13.1 Å². The highest BCUT2D eigenvalue weighted by atomic mass is 35.5. The molecule has 0 bridgehead atoms. The monoisotopic (exact) mass is 327 g/mol. The molecule has 6 nitrogen and oxygen atoms in total. The van der Waals surface area contributed by atoms with Crippen molar-refractivity contribution in [3.63, 3.8) is 0 Å². The van der Waals surface area contributed by atoms with Crippen molar-refractivity contribution >= 4 is 24.2 Å². The molecule has 0 spiro atoms. The molecule has 2 amide bonds. The maximum absolute atomic E-state index is 12.2. The highest BCUT2D eigenvalue weighted by Crippen LogP contribution is 2.14. The third-order valence-electron chi connectivity index (χ3n) is 3.37. The Morgan fingerprint density at radius 2 is 2.05 bits per heavy atom. The molecule has 1 fully saturated rings. The third-order valence-corrected chi connectivity index (χ3v) is 3.37. The minimum Gasteiger partial charge on any atom is -0.484 e. The number of amides is 2. The van der Waals surface area contributed by atoms with Crippen LogP contribution in [0.3, 0.4) is 0 Å². The summed E-state index contributed by atoms with van der Waals surface area (Å²) in [5.41, 5.74) is 0.896. The quantitative estimate of drug-likeness (QED) is 0.811. The van der Waals surface area contributed by atoms with E-state index in [0.29, 0.717) is 12.2 Å². The van der Waals surface area contributed by atoms with E-state index in [1.165, 1.54) is 0 Å². The first kappa shape index (κ1) is 18.3. The average molecular weight is 328 g/mol. The maximum atomic E-state index is 12.2. The number of halogens is 1. The molecule has 0 aliphatic carbocycles. The van der Waals surface area contributed by atoms with Crippen LogP contribution in [0.4, 0.5) is 0 Å². The van der Waals surface area contributed by atoms with Crippen LogP contribution in [-0.4, -0.2) is 56.5 Å². The Hall–Kier alpha value is -1.79. The minimum atomic E-state index is -0.183. The lowest BCUT2D eigenvalue weighted by Gasteiger charge is -2.27. The number of benzene rings is 1. The van der Waals surface area contributed by atoms with Gasteiger partial charge >= 0.3 is 0 Å². The number of rotatable bonds is 5. The van der Waals surface area contributed by atoms with E-state index < -0.39 is 0 Å². The van der Waals surface area contributed by atoms with E-state index in [4.69, 9.17) is 4.74 Å². The second-order valence-electron chi connectivity index (χ2n) is 4.92. The lowest BCUT2D eigenvalue weighted by Crippen LogP contribution is -2.46. The van der Waals surface area contributed by atoms with Gasteiger partial charge < -0.3 is 20.3 Å². The molecular formula is C15H22ClN3O3. The molecule has 122 valence electrons. The smallest absolute Gasteiger partial charge is 0.257 e. The van der Waals surface area contributed by atoms with Crippen LogP contribution in [0.25, 0.3) is 0 Å². The summed E-state index contributed by atoms with van der Waals surface area (Å²) in [6, 6.07) is 7.32. The zero-order valence-corrected chi connectivity index (χ0v) is 13.4. The van der Waals surface area contributed by atoms with Gasteiger partial charge in [0.15, 0.2) is 6.61 Å². The van der Waals surface area contributed by atoms with Crippen molar-refractivity contribution < 1.29 is 14.3 Å². The normalized spacial score (nSPS) is 14.0. The van der Waals surface area contributed by atoms with Crippen molar-refractivity contribution in [3.05, 3.63) is 29.8 Å². The van der Waals surface area contributed by atoms with Crippen LogP contribution < -0.4 is 15.4 Å². The number of carbonyl (C=O) groups is 2. The van der Waals surface area contributed by atoms with Gasteiger partial charge in [0.25, 0.3) is 5.91 Å². The van der Waals surface area contributed by atoms with Crippen LogP contribution in [-0.2, 0) is 16.0 Å². The van der Waals surface area contributed by atoms with Gasteiger partial charge in [0, 0.05) is 33.2 Å². The van der Waals surface area contributed by atoms with Gasteiger partial charge in [0.1, 0.15) is 5.75 Å². The van der Waals surface area contributed by atoms with Crippen LogP contribution >= 0.6 is 12.4 Å². The number of ether oxygens (including phenoxy) is 1. The van der Waals surface area contributed by atoms with E-state index in [2.05, 4.69) is 10.6 Å². The fourth-order valence-electron chi connectivity index (χ4n) is 2.17. The minimum absolute atomic E-state index is 0. The van der Waals surface area contributed by atoms with Crippen molar-refractivity contribution in [3.8, 4) is 5.75 Å². The molecule has 1 saturated heterocycles. The number of piperazine rings is 1. The fourth-order valence-corrected chi connectivity index (χ4v) is 2.17. The molecule has 1 aliphatic heterocycles. The maximum Gasteiger partial charge on any atom is 0.257 e. The largest absolute Gasteiger partial charge is 0.484 e. The molecule has 0 radical (unpaired) electrons. The van der Waals surface area contributed by atoms with E-state index in [1.807, 2.05) is 23.1 Å². The third kappa shape index (κ3) is 5.54. The molecule has 0 atom stereocenters. The van der Waals surface area contributed by atoms with Crippen LogP contribution in [0.15, 0.2) is 24.3 Å². The Bertz CT molecular complexity index is 505. The van der Waals surface area contributed by atoms with Gasteiger partial charge in [-0.25, -0.2) is 0 Å². The summed E-state index contributed by atoms with van der Waals surface area (Å²) in [6.45, 7) is 3.19. The molecular weight excluding hydrogens is 306 g/mol. The summed E-state index contributed by atoms with van der Waals surface area (Å²) in [7, 11) is 1.56. The summed E-state index contributed by atoms with van der Waals surface area (Å²) in [6.07, 6.45) is 0.358. The number of hydrogen-bond donors (Lipinski definition) is 2. The summed E-state index contributed by atoms with van der Waals surface area (Å²) >= 11 is 0. The Balaban J connectivity index is 0.00000242. The molecule has 2 rings (SSSR count). The zero-order chi connectivity index (χ0) is 15.1. The standard InChI is InChI=1S/C15H21N3O3.ClH/c1-16-14(19)11-21-13-4-2-3-12(9-13)10-15(20)18-7-5-17-6-8-18;/h2-4,9,17H,5-8,10-11H2,1H3,(H,16,19);1H. The Morgan fingerprint density at radius 1 is 1.32 bits per heavy atom. The molecule has 2 N–H and O–H groups in total. The van der Waals surface area contributed by atoms with Crippen molar-refractivity contribution in [1.82, 2.24) is 15.5 Å². The lowest BCUT2D eigenvalue weighted by atomic mass is 10.1. The van der Waals surface area contributed by atoms with E-state index in [9.17, 15) is 9.59 Å². The lowest BCUT2D eigenvalue weighted by molar-refractivity contribution is -0.131. The number of nitrogens with zero attached hydrogens (tertiary/aromatic N) is 1. The first-order valence-electron chi connectivity index (χ1n) is 7.10. The highest BCUT2D eigenvalue weighted by molar-refractivity contribution is 5.85. The summed E-state index contributed by atoms with van der Waals surface area (Å²) in [4.78, 5) is 25.2. The molecule has 1 aromatic rings. The number of carbonyl (C=O) groups excluding carboxylic acids is 2. The summed E-state index contributed by atoms with van der Waals surface area (Å²) < 4.78 is 5.38. The molecule has 1 aliphatic rings. The number of likely N-dealkylation sites (N-methyl/N-ethyl adjacent to an activating group) is 1. The second-order valence-corrected chi connectivity index (χ2v) is 4.92. The van der Waals surface area contributed by atoms with E-state index >= 15 is 0 Å². The van der Waals surface area contributed by atoms with Gasteiger partial charge in [-0.05, 0) is 17.7 Å². The Morgan fingerprint density at radius 3 is 2.73 bits per heavy atom. The molecule has 0 unspecified atom stereocenters. The number of hydrogen-bond acceptors (Lipinski definition) is 4. The van der Waals surface area contributed by atoms with Crippen molar-refractivity contribution in [1.29, 1.82) is 0 Å². The van der Waals surface area contributed by atoms with Crippen molar-refractivity contribution in [2.75, 3.05) is 39.8 Å². The summed E-state index contributed by atoms with van der Waals surface area (Å²) in [5, 5.41) is 5.72.